The minimum absolute atomic E-state index is 0.175. The van der Waals surface area contributed by atoms with E-state index in [1.165, 1.54) is 12.2 Å². The minimum atomic E-state index is -0.317. The van der Waals surface area contributed by atoms with Gasteiger partial charge in [0.2, 0.25) is 0 Å². The summed E-state index contributed by atoms with van der Waals surface area (Å²) in [5, 5.41) is 10.1. The van der Waals surface area contributed by atoms with Crippen molar-refractivity contribution in [2.75, 3.05) is 20.2 Å². The number of nitrogens with zero attached hydrogens (tertiary/aromatic N) is 1. The first-order valence-corrected chi connectivity index (χ1v) is 9.86. The standard InChI is InChI=1S/C24H32NO3/c1-23(2,3)28-22-13-19(11-12-21(22)27-5)20-15-25(16-24(20,4)17-26)14-18-9-7-6-8-10-18/h6-13,17,20,26H,14-16H2,1-5H3/t20?,24-/m0/s1. The van der Waals surface area contributed by atoms with Gasteiger partial charge in [-0.3, -0.25) is 4.90 Å². The van der Waals surface area contributed by atoms with Crippen molar-refractivity contribution in [3.63, 3.8) is 0 Å². The zero-order chi connectivity index (χ0) is 20.4. The summed E-state index contributed by atoms with van der Waals surface area (Å²) in [5.74, 6) is 1.65. The maximum Gasteiger partial charge on any atom is 0.162 e. The average Bonchev–Trinajstić information content (AvgIpc) is 2.98. The molecule has 1 N–H and O–H groups in total. The van der Waals surface area contributed by atoms with Crippen molar-refractivity contribution in [2.24, 2.45) is 5.41 Å². The molecule has 0 aliphatic carbocycles. The molecule has 4 heteroatoms. The molecule has 3 rings (SSSR count). The molecule has 1 fully saturated rings. The van der Waals surface area contributed by atoms with Gasteiger partial charge in [-0.15, -0.1) is 0 Å². The van der Waals surface area contributed by atoms with E-state index in [0.717, 1.165) is 36.7 Å². The highest BCUT2D eigenvalue weighted by atomic mass is 16.5. The van der Waals surface area contributed by atoms with Gasteiger partial charge in [0, 0.05) is 31.0 Å². The summed E-state index contributed by atoms with van der Waals surface area (Å²) in [5.41, 5.74) is 1.81. The van der Waals surface area contributed by atoms with E-state index in [9.17, 15) is 5.11 Å². The number of benzene rings is 2. The average molecular weight is 383 g/mol. The molecule has 0 bridgehead atoms. The third-order valence-corrected chi connectivity index (χ3v) is 5.35. The zero-order valence-electron chi connectivity index (χ0n) is 17.6. The van der Waals surface area contributed by atoms with Gasteiger partial charge in [0.1, 0.15) is 5.60 Å². The summed E-state index contributed by atoms with van der Waals surface area (Å²) >= 11 is 0. The van der Waals surface area contributed by atoms with Crippen LogP contribution in [0.3, 0.4) is 0 Å². The maximum atomic E-state index is 10.1. The number of hydrogen-bond acceptors (Lipinski definition) is 4. The maximum absolute atomic E-state index is 10.1. The molecule has 0 aromatic heterocycles. The molecule has 151 valence electrons. The molecule has 1 aliphatic rings. The number of methoxy groups -OCH3 is 1. The number of ether oxygens (including phenoxy) is 2. The number of likely N-dealkylation sites (tertiary alicyclic amines) is 1. The van der Waals surface area contributed by atoms with Crippen LogP contribution in [0.25, 0.3) is 0 Å². The fourth-order valence-corrected chi connectivity index (χ4v) is 4.02. The third kappa shape index (κ3) is 4.68. The smallest absolute Gasteiger partial charge is 0.162 e. The largest absolute Gasteiger partial charge is 0.493 e. The summed E-state index contributed by atoms with van der Waals surface area (Å²) in [6.07, 6.45) is 0. The van der Waals surface area contributed by atoms with Crippen molar-refractivity contribution in [3.05, 3.63) is 66.3 Å². The predicted octanol–water partition coefficient (Wildman–Crippen LogP) is 5.01. The normalized spacial score (nSPS) is 23.0. The molecular weight excluding hydrogens is 350 g/mol. The molecule has 1 heterocycles. The first-order valence-electron chi connectivity index (χ1n) is 9.86. The lowest BCUT2D eigenvalue weighted by molar-refractivity contribution is 0.125. The van der Waals surface area contributed by atoms with E-state index >= 15 is 0 Å². The van der Waals surface area contributed by atoms with Crippen LogP contribution in [0.2, 0.25) is 0 Å². The third-order valence-electron chi connectivity index (χ3n) is 5.35. The quantitative estimate of drug-likeness (QED) is 0.762. The van der Waals surface area contributed by atoms with Gasteiger partial charge in [0.15, 0.2) is 11.5 Å². The number of hydrogen-bond donors (Lipinski definition) is 1. The Morgan fingerprint density at radius 2 is 1.86 bits per heavy atom. The van der Waals surface area contributed by atoms with Gasteiger partial charge in [0.25, 0.3) is 0 Å². The second-order valence-electron chi connectivity index (χ2n) is 8.97. The Morgan fingerprint density at radius 1 is 1.14 bits per heavy atom. The van der Waals surface area contributed by atoms with E-state index in [1.807, 2.05) is 32.9 Å². The second-order valence-corrected chi connectivity index (χ2v) is 8.97. The Balaban J connectivity index is 1.87. The van der Waals surface area contributed by atoms with Gasteiger partial charge >= 0.3 is 0 Å². The van der Waals surface area contributed by atoms with Crippen LogP contribution in [0.1, 0.15) is 44.7 Å². The Hall–Kier alpha value is -2.04. The summed E-state index contributed by atoms with van der Waals surface area (Å²) in [6.45, 7) is 12.1. The van der Waals surface area contributed by atoms with Crippen LogP contribution in [-0.4, -0.2) is 35.8 Å². The first kappa shape index (κ1) is 20.7. The monoisotopic (exact) mass is 382 g/mol. The van der Waals surface area contributed by atoms with Gasteiger partial charge < -0.3 is 14.6 Å². The van der Waals surface area contributed by atoms with Crippen LogP contribution in [0, 0.1) is 12.0 Å². The molecule has 4 nitrogen and oxygen atoms in total. The van der Waals surface area contributed by atoms with Crippen LogP contribution < -0.4 is 9.47 Å². The molecule has 1 aliphatic heterocycles. The highest BCUT2D eigenvalue weighted by Gasteiger charge is 2.43. The first-order chi connectivity index (χ1) is 13.2. The van der Waals surface area contributed by atoms with Gasteiger partial charge in [-0.05, 0) is 44.0 Å². The van der Waals surface area contributed by atoms with E-state index in [0.29, 0.717) is 0 Å². The molecule has 1 saturated heterocycles. The van der Waals surface area contributed by atoms with E-state index in [2.05, 4.69) is 48.2 Å². The summed E-state index contributed by atoms with van der Waals surface area (Å²) < 4.78 is 11.6. The number of aliphatic hydroxyl groups excluding tert-OH is 1. The molecule has 2 aromatic carbocycles. The second kappa shape index (κ2) is 8.14. The lowest BCUT2D eigenvalue weighted by Crippen LogP contribution is -2.27. The van der Waals surface area contributed by atoms with Crippen LogP contribution in [-0.2, 0) is 6.54 Å². The fraction of sp³-hybridized carbons (Fsp3) is 0.458. The number of aliphatic hydroxyl groups is 1. The van der Waals surface area contributed by atoms with Crippen LogP contribution >= 0.6 is 0 Å². The zero-order valence-corrected chi connectivity index (χ0v) is 17.6. The van der Waals surface area contributed by atoms with E-state index in [1.54, 1.807) is 7.11 Å². The highest BCUT2D eigenvalue weighted by Crippen LogP contribution is 2.46. The molecule has 1 radical (unpaired) electrons. The van der Waals surface area contributed by atoms with Crippen molar-refractivity contribution in [1.82, 2.24) is 4.90 Å². The highest BCUT2D eigenvalue weighted by molar-refractivity contribution is 5.45. The van der Waals surface area contributed by atoms with Gasteiger partial charge in [-0.2, -0.15) is 0 Å². The van der Waals surface area contributed by atoms with E-state index < -0.39 is 0 Å². The lowest BCUT2D eigenvalue weighted by Gasteiger charge is -2.29. The van der Waals surface area contributed by atoms with Crippen molar-refractivity contribution in [3.8, 4) is 11.5 Å². The minimum Gasteiger partial charge on any atom is -0.493 e. The molecular formula is C24H32NO3. The van der Waals surface area contributed by atoms with Crippen LogP contribution in [0.5, 0.6) is 11.5 Å². The molecule has 28 heavy (non-hydrogen) atoms. The Labute approximate surface area is 169 Å². The Kier molecular flexibility index (Phi) is 6.01. The Morgan fingerprint density at radius 3 is 2.46 bits per heavy atom. The van der Waals surface area contributed by atoms with E-state index in [4.69, 9.17) is 9.47 Å². The molecule has 0 saturated carbocycles. The summed E-state index contributed by atoms with van der Waals surface area (Å²) in [7, 11) is 1.66. The van der Waals surface area contributed by atoms with Crippen molar-refractivity contribution in [2.45, 2.75) is 45.8 Å². The Bertz CT molecular complexity index is 784. The topological polar surface area (TPSA) is 41.9 Å². The van der Waals surface area contributed by atoms with Crippen molar-refractivity contribution >= 4 is 0 Å². The molecule has 1 unspecified atom stereocenters. The summed E-state index contributed by atoms with van der Waals surface area (Å²) in [4.78, 5) is 2.40. The molecule has 2 aromatic rings. The van der Waals surface area contributed by atoms with Gasteiger partial charge in [-0.25, -0.2) is 0 Å². The number of rotatable bonds is 6. The summed E-state index contributed by atoms with van der Waals surface area (Å²) in [6, 6.07) is 16.6. The van der Waals surface area contributed by atoms with Crippen molar-refractivity contribution < 1.29 is 14.6 Å². The van der Waals surface area contributed by atoms with Crippen LogP contribution in [0.4, 0.5) is 0 Å². The molecule has 0 amide bonds. The molecule has 0 spiro atoms. The van der Waals surface area contributed by atoms with Crippen molar-refractivity contribution in [1.29, 1.82) is 0 Å². The fourth-order valence-electron chi connectivity index (χ4n) is 4.02. The molecule has 2 atom stereocenters. The van der Waals surface area contributed by atoms with E-state index in [-0.39, 0.29) is 16.9 Å². The lowest BCUT2D eigenvalue weighted by atomic mass is 9.76. The SMILES string of the molecule is COc1ccc(C2CN(Cc3ccccc3)C[C@@]2(C)[CH]O)cc1OC(C)(C)C. The predicted molar refractivity (Wildman–Crippen MR) is 112 cm³/mol. The van der Waals surface area contributed by atoms with Crippen LogP contribution in [0.15, 0.2) is 48.5 Å². The van der Waals surface area contributed by atoms with Gasteiger partial charge in [0.05, 0.1) is 13.7 Å². The van der Waals surface area contributed by atoms with Gasteiger partial charge in [-0.1, -0.05) is 43.3 Å².